The Hall–Kier alpha value is -9.75. The molecule has 12 aromatic carbocycles. The van der Waals surface area contributed by atoms with Crippen molar-refractivity contribution in [3.8, 4) is 39.3 Å². The average Bonchev–Trinajstić information content (AvgIpc) is 4.30. The Balaban J connectivity index is 1.04. The van der Waals surface area contributed by atoms with Gasteiger partial charge in [0, 0.05) is 81.7 Å². The van der Waals surface area contributed by atoms with Gasteiger partial charge in [-0.15, -0.1) is 0 Å². The number of benzene rings is 12. The maximum absolute atomic E-state index is 2.66. The minimum atomic E-state index is -0.0933. The molecule has 17 rings (SSSR count). The first-order chi connectivity index (χ1) is 38.7. The smallest absolute Gasteiger partial charge is 0.249 e. The third-order valence-corrected chi connectivity index (χ3v) is 17.9. The number of aromatic nitrogens is 3. The lowest BCUT2D eigenvalue weighted by atomic mass is 9.34. The van der Waals surface area contributed by atoms with Crippen molar-refractivity contribution >= 4 is 117 Å². The van der Waals surface area contributed by atoms with E-state index >= 15 is 0 Å². The van der Waals surface area contributed by atoms with E-state index in [-0.39, 0.29) is 6.71 Å². The third kappa shape index (κ3) is 6.20. The van der Waals surface area contributed by atoms with Crippen LogP contribution in [-0.2, 0) is 0 Å². The minimum absolute atomic E-state index is 0.0933. The summed E-state index contributed by atoms with van der Waals surface area (Å²) in [6, 6.07) is 102. The zero-order valence-electron chi connectivity index (χ0n) is 42.3. The highest BCUT2D eigenvalue weighted by molar-refractivity contribution is 8.00. The van der Waals surface area contributed by atoms with E-state index in [1.807, 2.05) is 11.8 Å². The van der Waals surface area contributed by atoms with Gasteiger partial charge in [-0.25, -0.2) is 0 Å². The Labute approximate surface area is 455 Å². The highest BCUT2D eigenvalue weighted by Gasteiger charge is 2.44. The monoisotopic (exact) mass is 1010 g/mol. The molecule has 0 saturated heterocycles. The van der Waals surface area contributed by atoms with Crippen LogP contribution < -0.4 is 21.3 Å². The SMILES string of the molecule is c1ccc(-c2cccc(-c3ccccc3)c2N2c3cc(-n4c5ccccc5c5ccccc54)ccc3B3c4ccc5c(c4Sc4cc(-n6c7ccccc7c7ccccc76)cc2c43)c2ccccc2n5-c2ccccc2)cc1. The summed E-state index contributed by atoms with van der Waals surface area (Å²) in [6.45, 7) is -0.0933. The molecule has 2 aliphatic heterocycles. The van der Waals surface area contributed by atoms with E-state index in [2.05, 4.69) is 292 Å². The van der Waals surface area contributed by atoms with E-state index in [0.717, 1.165) is 39.6 Å². The molecule has 0 atom stereocenters. The molecule has 4 nitrogen and oxygen atoms in total. The lowest BCUT2D eigenvalue weighted by molar-refractivity contribution is 1.15. The molecule has 0 unspecified atom stereocenters. The van der Waals surface area contributed by atoms with Crippen LogP contribution in [-0.4, -0.2) is 20.4 Å². The Morgan fingerprint density at radius 2 is 0.756 bits per heavy atom. The molecular formula is C72H45BN4S. The lowest BCUT2D eigenvalue weighted by Gasteiger charge is -2.42. The van der Waals surface area contributed by atoms with Gasteiger partial charge in [0.15, 0.2) is 0 Å². The van der Waals surface area contributed by atoms with E-state index in [9.17, 15) is 0 Å². The number of para-hydroxylation sites is 7. The first kappa shape index (κ1) is 43.5. The maximum Gasteiger partial charge on any atom is 0.249 e. The number of fused-ring (bicyclic) bond motifs is 14. The Morgan fingerprint density at radius 3 is 1.32 bits per heavy atom. The minimum Gasteiger partial charge on any atom is -0.310 e. The van der Waals surface area contributed by atoms with Crippen LogP contribution in [0.5, 0.6) is 0 Å². The van der Waals surface area contributed by atoms with Crippen LogP contribution in [0.15, 0.2) is 283 Å². The van der Waals surface area contributed by atoms with Crippen molar-refractivity contribution in [2.75, 3.05) is 4.90 Å². The summed E-state index contributed by atoms with van der Waals surface area (Å²) in [6.07, 6.45) is 0. The van der Waals surface area contributed by atoms with E-state index in [1.165, 1.54) is 108 Å². The predicted molar refractivity (Wildman–Crippen MR) is 330 cm³/mol. The second-order valence-corrected chi connectivity index (χ2v) is 21.8. The molecule has 6 heteroatoms. The first-order valence-corrected chi connectivity index (χ1v) is 27.7. The van der Waals surface area contributed by atoms with Crippen molar-refractivity contribution < 1.29 is 0 Å². The van der Waals surface area contributed by atoms with Gasteiger partial charge >= 0.3 is 0 Å². The Morgan fingerprint density at radius 1 is 0.308 bits per heavy atom. The Bertz CT molecular complexity index is 4790. The number of hydrogen-bond donors (Lipinski definition) is 0. The van der Waals surface area contributed by atoms with Crippen molar-refractivity contribution in [3.63, 3.8) is 0 Å². The van der Waals surface area contributed by atoms with Gasteiger partial charge in [-0.05, 0) is 94.8 Å². The van der Waals surface area contributed by atoms with Gasteiger partial charge in [-0.2, -0.15) is 0 Å². The molecule has 0 spiro atoms. The van der Waals surface area contributed by atoms with Gasteiger partial charge in [-0.3, -0.25) is 0 Å². The summed E-state index contributed by atoms with van der Waals surface area (Å²) in [5.41, 5.74) is 22.6. The van der Waals surface area contributed by atoms with Gasteiger partial charge in [0.2, 0.25) is 6.71 Å². The van der Waals surface area contributed by atoms with Gasteiger partial charge in [0.05, 0.1) is 38.8 Å². The first-order valence-electron chi connectivity index (χ1n) is 26.9. The zero-order chi connectivity index (χ0) is 51.0. The van der Waals surface area contributed by atoms with E-state index in [4.69, 9.17) is 0 Å². The number of nitrogens with zero attached hydrogens (tertiary/aromatic N) is 4. The molecule has 0 radical (unpaired) electrons. The average molecular weight is 1010 g/mol. The molecular weight excluding hydrogens is 964 g/mol. The lowest BCUT2D eigenvalue weighted by Crippen LogP contribution is -2.60. The third-order valence-electron chi connectivity index (χ3n) is 16.7. The molecule has 5 heterocycles. The van der Waals surface area contributed by atoms with Crippen molar-refractivity contribution in [3.05, 3.63) is 273 Å². The van der Waals surface area contributed by atoms with Crippen molar-refractivity contribution in [1.82, 2.24) is 13.7 Å². The zero-order valence-corrected chi connectivity index (χ0v) is 43.1. The summed E-state index contributed by atoms with van der Waals surface area (Å²) in [5.74, 6) is 0. The topological polar surface area (TPSA) is 18.0 Å². The summed E-state index contributed by atoms with van der Waals surface area (Å²) in [7, 11) is 0. The van der Waals surface area contributed by atoms with E-state index in [1.54, 1.807) is 0 Å². The molecule has 0 aliphatic carbocycles. The molecule has 0 fully saturated rings. The molecule has 3 aromatic heterocycles. The van der Waals surface area contributed by atoms with Crippen molar-refractivity contribution in [2.24, 2.45) is 0 Å². The van der Waals surface area contributed by atoms with Crippen molar-refractivity contribution in [2.45, 2.75) is 9.79 Å². The number of anilines is 3. The fourth-order valence-electron chi connectivity index (χ4n) is 13.5. The molecule has 0 bridgehead atoms. The van der Waals surface area contributed by atoms with E-state index < -0.39 is 0 Å². The highest BCUT2D eigenvalue weighted by atomic mass is 32.2. The standard InChI is InChI=1S/C72H45BN4S/c1-4-21-46(22-5-1)51-32-20-33-52(47-23-6-2-7-24-47)71(51)77-66-43-49(75-60-34-15-10-27-53(60)54-28-11-16-35-61(54)75)39-40-58(66)73-59-41-42-65-69(57-31-14-19-38-64(57)74(65)48-25-8-3-9-26-48)72(59)78-68-45-50(44-67(77)70(68)73)76-62-36-17-12-29-55(62)56-30-13-18-37-63(56)76/h1-45H. The van der Waals surface area contributed by atoms with Crippen LogP contribution in [0.4, 0.5) is 17.1 Å². The van der Waals surface area contributed by atoms with Crippen LogP contribution in [0.1, 0.15) is 0 Å². The van der Waals surface area contributed by atoms with Crippen molar-refractivity contribution in [1.29, 1.82) is 0 Å². The fourth-order valence-corrected chi connectivity index (χ4v) is 14.8. The normalized spacial score (nSPS) is 12.8. The second kappa shape index (κ2) is 16.9. The molecule has 0 amide bonds. The van der Waals surface area contributed by atoms with Gasteiger partial charge in [-0.1, -0.05) is 217 Å². The second-order valence-electron chi connectivity index (χ2n) is 20.7. The Kier molecular flexibility index (Phi) is 9.41. The van der Waals surface area contributed by atoms with Gasteiger partial charge in [0.1, 0.15) is 0 Å². The van der Waals surface area contributed by atoms with Gasteiger partial charge in [0.25, 0.3) is 0 Å². The summed E-state index contributed by atoms with van der Waals surface area (Å²) < 4.78 is 7.45. The molecule has 362 valence electrons. The van der Waals surface area contributed by atoms with Gasteiger partial charge < -0.3 is 18.6 Å². The molecule has 2 aliphatic rings. The number of rotatable bonds is 6. The van der Waals surface area contributed by atoms with Crippen LogP contribution in [0.25, 0.3) is 105 Å². The fraction of sp³-hybridized carbons (Fsp3) is 0. The van der Waals surface area contributed by atoms with Crippen LogP contribution in [0.2, 0.25) is 0 Å². The largest absolute Gasteiger partial charge is 0.310 e. The molecule has 0 saturated carbocycles. The number of hydrogen-bond acceptors (Lipinski definition) is 2. The van der Waals surface area contributed by atoms with Crippen LogP contribution in [0, 0.1) is 0 Å². The summed E-state index contributed by atoms with van der Waals surface area (Å²) in [5, 5.41) is 7.51. The molecule has 15 aromatic rings. The predicted octanol–water partition coefficient (Wildman–Crippen LogP) is 17.1. The molecule has 78 heavy (non-hydrogen) atoms. The van der Waals surface area contributed by atoms with E-state index in [0.29, 0.717) is 0 Å². The summed E-state index contributed by atoms with van der Waals surface area (Å²) in [4.78, 5) is 5.23. The quantitative estimate of drug-likeness (QED) is 0.155. The molecule has 0 N–H and O–H groups in total. The van der Waals surface area contributed by atoms with Crippen LogP contribution >= 0.6 is 11.8 Å². The summed E-state index contributed by atoms with van der Waals surface area (Å²) >= 11 is 1.94. The maximum atomic E-state index is 2.66. The highest BCUT2D eigenvalue weighted by Crippen LogP contribution is 2.52. The van der Waals surface area contributed by atoms with Crippen LogP contribution in [0.3, 0.4) is 0 Å².